The fourth-order valence-corrected chi connectivity index (χ4v) is 4.37. The Morgan fingerprint density at radius 3 is 2.44 bits per heavy atom. The Kier molecular flexibility index (Phi) is 7.67. The van der Waals surface area contributed by atoms with Crippen molar-refractivity contribution < 1.29 is 17.9 Å². The first-order valence-corrected chi connectivity index (χ1v) is 13.5. The second kappa shape index (κ2) is 10.7. The van der Waals surface area contributed by atoms with Crippen LogP contribution in [-0.4, -0.2) is 56.6 Å². The molecule has 2 heterocycles. The topological polar surface area (TPSA) is 140 Å². The quantitative estimate of drug-likeness (QED) is 0.533. The Balaban J connectivity index is 1.58. The summed E-state index contributed by atoms with van der Waals surface area (Å²) >= 11 is 0. The third kappa shape index (κ3) is 6.25. The molecule has 1 amide bonds. The number of sulfonamides is 1. The van der Waals surface area contributed by atoms with E-state index in [2.05, 4.69) is 25.2 Å². The number of benzene rings is 1. The first kappa shape index (κ1) is 25.7. The molecule has 2 aliphatic rings. The summed E-state index contributed by atoms with van der Waals surface area (Å²) in [7, 11) is -0.397. The van der Waals surface area contributed by atoms with Gasteiger partial charge in [-0.25, -0.2) is 13.6 Å². The van der Waals surface area contributed by atoms with Crippen LogP contribution in [0.4, 0.5) is 22.6 Å². The summed E-state index contributed by atoms with van der Waals surface area (Å²) in [5.41, 5.74) is 0.813. The zero-order chi connectivity index (χ0) is 25.8. The normalized spacial score (nSPS) is 16.4. The average molecular weight is 515 g/mol. The summed E-state index contributed by atoms with van der Waals surface area (Å²) in [6.07, 6.45) is 10.1. The van der Waals surface area contributed by atoms with E-state index in [0.29, 0.717) is 24.2 Å². The molecule has 192 valence electrons. The van der Waals surface area contributed by atoms with Crippen LogP contribution in [0.15, 0.2) is 53.1 Å². The standard InChI is InChI=1S/C24H32N7O4S/c1-31(2,24(32)35-19-9-5-3-6-10-19)23-28-21(27-22(29-23)30-15-7-4-8-16-30)26-17-18-11-13-20(14-12-18)36(25,33)34/h5,9-14H,3-4,6-8,15-17H2,1-2H3,(H2,25,33,34)(H,26,27,28,29)/q+1. The Morgan fingerprint density at radius 1 is 1.08 bits per heavy atom. The fraction of sp³-hybridized carbons (Fsp3) is 0.417. The van der Waals surface area contributed by atoms with Gasteiger partial charge in [-0.15, -0.1) is 9.97 Å². The van der Waals surface area contributed by atoms with Crippen LogP contribution in [0, 0.1) is 0 Å². The number of amides is 1. The number of hydrogen-bond donors (Lipinski definition) is 2. The van der Waals surface area contributed by atoms with E-state index >= 15 is 0 Å². The monoisotopic (exact) mass is 514 g/mol. The van der Waals surface area contributed by atoms with Crippen molar-refractivity contribution in [3.63, 3.8) is 0 Å². The molecule has 0 spiro atoms. The molecular weight excluding hydrogens is 482 g/mol. The first-order chi connectivity index (χ1) is 17.1. The number of aromatic nitrogens is 3. The van der Waals surface area contributed by atoms with Gasteiger partial charge in [0.25, 0.3) is 0 Å². The highest BCUT2D eigenvalue weighted by Crippen LogP contribution is 2.24. The number of allylic oxidation sites excluding steroid dienone is 3. The average Bonchev–Trinajstić information content (AvgIpc) is 2.88. The minimum atomic E-state index is -3.76. The summed E-state index contributed by atoms with van der Waals surface area (Å²) < 4.78 is 28.3. The Hall–Kier alpha value is -3.35. The van der Waals surface area contributed by atoms with Crippen molar-refractivity contribution in [1.29, 1.82) is 0 Å². The third-order valence-corrected chi connectivity index (χ3v) is 7.01. The molecule has 36 heavy (non-hydrogen) atoms. The molecule has 2 aromatic rings. The summed E-state index contributed by atoms with van der Waals surface area (Å²) in [4.78, 5) is 29.1. The van der Waals surface area contributed by atoms with Crippen LogP contribution in [0.3, 0.4) is 0 Å². The number of nitrogens with two attached hydrogens (primary N) is 1. The van der Waals surface area contributed by atoms with Crippen LogP contribution >= 0.6 is 0 Å². The van der Waals surface area contributed by atoms with E-state index in [1.54, 1.807) is 32.3 Å². The minimum absolute atomic E-state index is 0.0431. The third-order valence-electron chi connectivity index (χ3n) is 6.08. The van der Waals surface area contributed by atoms with Gasteiger partial charge in [0.15, 0.2) is 0 Å². The number of piperidine rings is 1. The molecule has 11 nitrogen and oxygen atoms in total. The van der Waals surface area contributed by atoms with E-state index in [1.807, 2.05) is 12.2 Å². The summed E-state index contributed by atoms with van der Waals surface area (Å²) in [5, 5.41) is 8.36. The predicted octanol–water partition coefficient (Wildman–Crippen LogP) is 3.06. The highest BCUT2D eigenvalue weighted by Gasteiger charge is 2.37. The molecule has 1 fully saturated rings. The van der Waals surface area contributed by atoms with Gasteiger partial charge >= 0.3 is 12.0 Å². The van der Waals surface area contributed by atoms with Crippen molar-refractivity contribution in [3.8, 4) is 0 Å². The number of nitrogens with zero attached hydrogens (tertiary/aromatic N) is 5. The highest BCUT2D eigenvalue weighted by atomic mass is 32.2. The van der Waals surface area contributed by atoms with Gasteiger partial charge in [-0.3, -0.25) is 0 Å². The lowest BCUT2D eigenvalue weighted by molar-refractivity contribution is 0.147. The maximum Gasteiger partial charge on any atom is 0.528 e. The van der Waals surface area contributed by atoms with Crippen molar-refractivity contribution in [3.05, 3.63) is 53.8 Å². The van der Waals surface area contributed by atoms with E-state index < -0.39 is 16.1 Å². The van der Waals surface area contributed by atoms with Crippen molar-refractivity contribution in [1.82, 2.24) is 19.4 Å². The zero-order valence-corrected chi connectivity index (χ0v) is 21.4. The highest BCUT2D eigenvalue weighted by molar-refractivity contribution is 7.89. The number of hydrogen-bond acceptors (Lipinski definition) is 9. The van der Waals surface area contributed by atoms with E-state index in [0.717, 1.165) is 50.8 Å². The second-order valence-corrected chi connectivity index (χ2v) is 10.8. The van der Waals surface area contributed by atoms with E-state index in [-0.39, 0.29) is 15.3 Å². The van der Waals surface area contributed by atoms with Crippen LogP contribution in [0.1, 0.15) is 37.7 Å². The predicted molar refractivity (Wildman–Crippen MR) is 138 cm³/mol. The zero-order valence-electron chi connectivity index (χ0n) is 20.6. The van der Waals surface area contributed by atoms with Crippen molar-refractivity contribution in [2.75, 3.05) is 37.4 Å². The molecule has 1 saturated heterocycles. The molecule has 0 radical (unpaired) electrons. The molecule has 0 bridgehead atoms. The molecular formula is C24H32N7O4S+. The maximum absolute atomic E-state index is 13.1. The van der Waals surface area contributed by atoms with Gasteiger partial charge in [0, 0.05) is 19.6 Å². The number of rotatable bonds is 7. The van der Waals surface area contributed by atoms with Gasteiger partial charge < -0.3 is 15.0 Å². The van der Waals surface area contributed by atoms with Crippen LogP contribution in [0.2, 0.25) is 0 Å². The minimum Gasteiger partial charge on any atom is -0.381 e. The number of carbonyl (C=O) groups excluding carboxylic acids is 1. The van der Waals surface area contributed by atoms with Crippen LogP contribution in [-0.2, 0) is 21.3 Å². The van der Waals surface area contributed by atoms with Crippen LogP contribution in [0.5, 0.6) is 0 Å². The van der Waals surface area contributed by atoms with E-state index in [4.69, 9.17) is 9.88 Å². The molecule has 4 rings (SSSR count). The van der Waals surface area contributed by atoms with E-state index in [9.17, 15) is 13.2 Å². The maximum atomic E-state index is 13.1. The molecule has 1 aromatic heterocycles. The lowest BCUT2D eigenvalue weighted by atomic mass is 10.1. The van der Waals surface area contributed by atoms with Gasteiger partial charge in [-0.05, 0) is 62.0 Å². The molecule has 1 aromatic carbocycles. The van der Waals surface area contributed by atoms with Gasteiger partial charge in [-0.1, -0.05) is 18.2 Å². The number of quaternary nitrogens is 1. The van der Waals surface area contributed by atoms with Gasteiger partial charge in [0.1, 0.15) is 5.76 Å². The summed E-state index contributed by atoms with van der Waals surface area (Å²) in [6, 6.07) is 6.25. The number of anilines is 2. The van der Waals surface area contributed by atoms with Crippen molar-refractivity contribution in [2.24, 2.45) is 5.14 Å². The van der Waals surface area contributed by atoms with Gasteiger partial charge in [-0.2, -0.15) is 14.3 Å². The number of ether oxygens (including phenoxy) is 1. The van der Waals surface area contributed by atoms with Gasteiger partial charge in [0.2, 0.25) is 21.9 Å². The Labute approximate surface area is 211 Å². The molecule has 0 saturated carbocycles. The van der Waals surface area contributed by atoms with Gasteiger partial charge in [0.05, 0.1) is 19.0 Å². The van der Waals surface area contributed by atoms with Crippen LogP contribution in [0.25, 0.3) is 0 Å². The molecule has 3 N–H and O–H groups in total. The summed E-state index contributed by atoms with van der Waals surface area (Å²) in [6.45, 7) is 1.99. The molecule has 12 heteroatoms. The molecule has 0 unspecified atom stereocenters. The number of carbonyl (C=O) groups is 1. The number of nitrogens with one attached hydrogen (secondary N) is 1. The number of primary sulfonamides is 1. The fourth-order valence-electron chi connectivity index (χ4n) is 3.86. The smallest absolute Gasteiger partial charge is 0.381 e. The molecule has 0 atom stereocenters. The molecule has 1 aliphatic carbocycles. The summed E-state index contributed by atoms with van der Waals surface area (Å²) in [5.74, 6) is 1.58. The van der Waals surface area contributed by atoms with Crippen molar-refractivity contribution >= 4 is 34.0 Å². The lowest BCUT2D eigenvalue weighted by Gasteiger charge is -2.28. The Morgan fingerprint density at radius 2 is 1.81 bits per heavy atom. The Bertz CT molecular complexity index is 1270. The lowest BCUT2D eigenvalue weighted by Crippen LogP contribution is -2.48. The van der Waals surface area contributed by atoms with Crippen LogP contribution < -0.4 is 19.8 Å². The van der Waals surface area contributed by atoms with E-state index in [1.165, 1.54) is 12.1 Å². The second-order valence-electron chi connectivity index (χ2n) is 9.26. The molecule has 1 aliphatic heterocycles. The van der Waals surface area contributed by atoms with Crippen molar-refractivity contribution in [2.45, 2.75) is 43.5 Å². The first-order valence-electron chi connectivity index (χ1n) is 11.9. The largest absolute Gasteiger partial charge is 0.528 e. The SMILES string of the molecule is C[N+](C)(C(=O)OC1=CCCC=C1)c1nc(NCc2ccc(S(N)(=O)=O)cc2)nc(N2CCCCC2)n1.